The largest absolute Gasteiger partial charge is 1.00 e. The molecule has 6 nitrogen and oxygen atoms in total. The van der Waals surface area contributed by atoms with Gasteiger partial charge in [-0.05, 0) is 5.56 Å². The Bertz CT molecular complexity index is 904. The van der Waals surface area contributed by atoms with Crippen LogP contribution in [0.4, 0.5) is 0 Å². The van der Waals surface area contributed by atoms with Crippen molar-refractivity contribution in [1.82, 2.24) is 0 Å². The summed E-state index contributed by atoms with van der Waals surface area (Å²) in [5.41, 5.74) is 0.734. The van der Waals surface area contributed by atoms with Crippen LogP contribution in [0.1, 0.15) is 105 Å². The Morgan fingerprint density at radius 2 is 1.11 bits per heavy atom. The molecular weight excluding hydrogens is 710 g/mol. The van der Waals surface area contributed by atoms with Crippen molar-refractivity contribution in [2.75, 3.05) is 21.3 Å². The zero-order valence-corrected chi connectivity index (χ0v) is 30.1. The molecule has 10 heteroatoms. The van der Waals surface area contributed by atoms with Crippen LogP contribution < -0.4 is 21.5 Å². The number of rotatable bonds is 6. The monoisotopic (exact) mass is 757 g/mol. The van der Waals surface area contributed by atoms with Crippen molar-refractivity contribution in [2.24, 2.45) is 0 Å². The number of esters is 2. The molecule has 1 rings (SSSR count). The van der Waals surface area contributed by atoms with E-state index in [0.717, 1.165) is 0 Å². The minimum atomic E-state index is -1.03. The first-order valence-electron chi connectivity index (χ1n) is 11.8. The zero-order valence-electron chi connectivity index (χ0n) is 26.1. The number of carbonyl (C=O) groups is 1. The summed E-state index contributed by atoms with van der Waals surface area (Å²) in [6.07, 6.45) is 0. The molecule has 1 radical (unpaired) electrons. The fourth-order valence-electron chi connectivity index (χ4n) is 4.12. The Hall–Kier alpha value is -0.441. The van der Waals surface area contributed by atoms with E-state index in [1.165, 1.54) is 21.3 Å². The molecule has 0 saturated carbocycles. The van der Waals surface area contributed by atoms with Gasteiger partial charge >= 0.3 is 5.97 Å². The van der Waals surface area contributed by atoms with Crippen molar-refractivity contribution in [3.05, 3.63) is 23.3 Å². The van der Waals surface area contributed by atoms with E-state index in [9.17, 15) is 4.79 Å². The summed E-state index contributed by atoms with van der Waals surface area (Å²) >= 11 is 0. The first-order chi connectivity index (χ1) is 15.7. The van der Waals surface area contributed by atoms with E-state index in [4.69, 9.17) is 22.9 Å². The Balaban J connectivity index is -0.00000408. The van der Waals surface area contributed by atoms with Crippen LogP contribution in [0, 0.1) is 6.07 Å². The van der Waals surface area contributed by atoms with Crippen molar-refractivity contribution in [2.45, 2.75) is 104 Å². The number of hydrogen-bond donors (Lipinski definition) is 0. The van der Waals surface area contributed by atoms with Gasteiger partial charge in [-0.3, -0.25) is 4.79 Å². The van der Waals surface area contributed by atoms with E-state index < -0.39 is 22.3 Å². The molecule has 37 heavy (non-hydrogen) atoms. The Kier molecular flexibility index (Phi) is 14.9. The SMILES string of the molecule is COC(=O)c1cc(C(OC)=[O+]C)c(OP(C(C)(C)C)C(C)(C)C)[c-]c1OP(C(C)(C)C)C(C)(C)C.[Cl-].[H-].[Ir]. The minimum Gasteiger partial charge on any atom is -1.00 e. The van der Waals surface area contributed by atoms with Gasteiger partial charge in [-0.25, -0.2) is 0 Å². The molecule has 0 heterocycles. The van der Waals surface area contributed by atoms with Crippen LogP contribution in [0.2, 0.25) is 0 Å². The van der Waals surface area contributed by atoms with E-state index in [2.05, 4.69) is 89.2 Å². The average molecular weight is 757 g/mol. The predicted molar refractivity (Wildman–Crippen MR) is 149 cm³/mol. The third-order valence-corrected chi connectivity index (χ3v) is 10.4. The van der Waals surface area contributed by atoms with Gasteiger partial charge in [0.05, 0.1) is 29.0 Å². The summed E-state index contributed by atoms with van der Waals surface area (Å²) in [7, 11) is 2.34. The van der Waals surface area contributed by atoms with Gasteiger partial charge in [0, 0.05) is 52.2 Å². The van der Waals surface area contributed by atoms with Crippen molar-refractivity contribution >= 4 is 28.2 Å². The van der Waals surface area contributed by atoms with E-state index >= 15 is 0 Å². The maximum atomic E-state index is 12.9. The molecule has 0 aliphatic carbocycles. The molecule has 0 fully saturated rings. The van der Waals surface area contributed by atoms with Crippen molar-refractivity contribution in [3.63, 3.8) is 0 Å². The van der Waals surface area contributed by atoms with Gasteiger partial charge < -0.3 is 36.8 Å². The normalized spacial score (nSPS) is 13.1. The number of methoxy groups -OCH3 is 2. The van der Waals surface area contributed by atoms with Crippen LogP contribution in [0.3, 0.4) is 0 Å². The number of halogens is 1. The van der Waals surface area contributed by atoms with Gasteiger partial charge in [-0.15, -0.1) is 6.07 Å². The molecule has 0 saturated heterocycles. The summed E-state index contributed by atoms with van der Waals surface area (Å²) in [6, 6.07) is 4.96. The molecule has 0 spiro atoms. The van der Waals surface area contributed by atoms with Crippen molar-refractivity contribution < 1.29 is 61.7 Å². The number of hydrogen-bond acceptors (Lipinski definition) is 5. The predicted octanol–water partition coefficient (Wildman–Crippen LogP) is 5.08. The van der Waals surface area contributed by atoms with E-state index in [0.29, 0.717) is 17.1 Å². The summed E-state index contributed by atoms with van der Waals surface area (Å²) in [6.45, 7) is 25.9. The smallest absolute Gasteiger partial charge is 0.463 e. The fourth-order valence-corrected chi connectivity index (χ4v) is 9.89. The molecule has 219 valence electrons. The van der Waals surface area contributed by atoms with Crippen molar-refractivity contribution in [1.29, 1.82) is 0 Å². The van der Waals surface area contributed by atoms with Crippen LogP contribution in [-0.2, 0) is 29.6 Å². The first kappa shape index (κ1) is 38.7. The van der Waals surface area contributed by atoms with Crippen LogP contribution >= 0.6 is 16.3 Å². The molecule has 1 aromatic rings. The molecular formula is C27H47ClIrO6P2-2. The summed E-state index contributed by atoms with van der Waals surface area (Å²) in [5.74, 6) is 0.442. The van der Waals surface area contributed by atoms with Gasteiger partial charge in [0.1, 0.15) is 0 Å². The van der Waals surface area contributed by atoms with E-state index in [1.54, 1.807) is 6.07 Å². The summed E-state index contributed by atoms with van der Waals surface area (Å²) in [4.78, 5) is 12.9. The van der Waals surface area contributed by atoms with Gasteiger partial charge in [0.25, 0.3) is 5.97 Å². The fraction of sp³-hybridized carbons (Fsp3) is 0.704. The molecule has 0 unspecified atom stereocenters. The Morgan fingerprint density at radius 1 is 0.757 bits per heavy atom. The number of carbonyl (C=O) groups excluding carboxylic acids is 2. The topological polar surface area (TPSA) is 65.3 Å². The van der Waals surface area contributed by atoms with Crippen molar-refractivity contribution in [3.8, 4) is 11.5 Å². The van der Waals surface area contributed by atoms with Gasteiger partial charge in [-0.1, -0.05) is 89.2 Å². The van der Waals surface area contributed by atoms with Crippen LogP contribution in [0.15, 0.2) is 6.07 Å². The minimum absolute atomic E-state index is 0. The summed E-state index contributed by atoms with van der Waals surface area (Å²) in [5, 5.41) is -0.530. The van der Waals surface area contributed by atoms with E-state index in [-0.39, 0.29) is 66.1 Å². The van der Waals surface area contributed by atoms with Crippen LogP contribution in [0.25, 0.3) is 0 Å². The Labute approximate surface area is 248 Å². The van der Waals surface area contributed by atoms with Gasteiger partial charge in [-0.2, -0.15) is 0 Å². The summed E-state index contributed by atoms with van der Waals surface area (Å²) < 4.78 is 29.4. The second-order valence-electron chi connectivity index (χ2n) is 12.4. The zero-order chi connectivity index (χ0) is 27.6. The van der Waals surface area contributed by atoms with Crippen LogP contribution in [0.5, 0.6) is 11.5 Å². The number of ether oxygens (including phenoxy) is 2. The molecule has 0 aliphatic rings. The maximum absolute atomic E-state index is 12.9. The molecule has 0 bridgehead atoms. The second kappa shape index (κ2) is 14.3. The standard InChI is InChI=1S/C27H46O6P2.ClH.Ir.H/c1-24(2,3)34(25(4,5)6)32-20-17-21(33-35(26(7,8)9)27(10,11)12)19(23(30-14)31-15)16-18(20)22(28)29-13;;;/h16H,1-15H3;1H;;/q;;;-1/p-1. The molecule has 0 N–H and O–H groups in total. The average Bonchev–Trinajstić information content (AvgIpc) is 2.67. The quantitative estimate of drug-likeness (QED) is 0.176. The molecule has 1 aromatic carbocycles. The first-order valence-corrected chi connectivity index (χ1v) is 14.3. The molecule has 0 aromatic heterocycles. The molecule has 0 amide bonds. The second-order valence-corrected chi connectivity index (χ2v) is 19.3. The third-order valence-electron chi connectivity index (χ3n) is 4.80. The third kappa shape index (κ3) is 10.6. The Morgan fingerprint density at radius 3 is 1.38 bits per heavy atom. The molecule has 0 atom stereocenters. The maximum Gasteiger partial charge on any atom is 0.463 e. The number of benzene rings is 1. The van der Waals surface area contributed by atoms with Gasteiger partial charge in [0.15, 0.2) is 14.2 Å². The van der Waals surface area contributed by atoms with E-state index in [1.807, 2.05) is 0 Å². The molecule has 0 aliphatic heterocycles. The van der Waals surface area contributed by atoms with Gasteiger partial charge in [0.2, 0.25) is 0 Å². The van der Waals surface area contributed by atoms with Crippen LogP contribution in [-0.4, -0.2) is 53.9 Å².